The Morgan fingerprint density at radius 1 is 1.05 bits per heavy atom. The molecule has 0 unspecified atom stereocenters. The largest absolute Gasteiger partial charge is 0.444 e. The van der Waals surface area contributed by atoms with Crippen LogP contribution in [-0.4, -0.2) is 82.3 Å². The van der Waals surface area contributed by atoms with E-state index >= 15 is 0 Å². The standard InChI is InChI=1S/C32H45F3N4O4/c1-30(2,3)43-29(42)37-25-12-10-23(36-17-7-14-32(33,34)35)18-24-11-13-26(39(24)27(25)40)28(41)38-20-22(19-31(38)15-16-31)21-8-5-4-6-9-21/h4-6,8-9,22-26,36H,7,10-20H2,1-3H3,(H,37,42)/t22-,23+,24-,25+,26+/m1/s1. The van der Waals surface area contributed by atoms with Gasteiger partial charge in [-0.25, -0.2) is 4.79 Å². The number of nitrogens with one attached hydrogen (secondary N) is 2. The highest BCUT2D eigenvalue weighted by atomic mass is 19.4. The number of carbonyl (C=O) groups excluding carboxylic acids is 3. The minimum atomic E-state index is -4.21. The lowest BCUT2D eigenvalue weighted by atomic mass is 9.94. The number of hydrogen-bond donors (Lipinski definition) is 2. The van der Waals surface area contributed by atoms with Gasteiger partial charge in [0.15, 0.2) is 0 Å². The van der Waals surface area contributed by atoms with Gasteiger partial charge >= 0.3 is 12.3 Å². The number of alkyl halides is 3. The van der Waals surface area contributed by atoms with Crippen molar-refractivity contribution >= 4 is 17.9 Å². The van der Waals surface area contributed by atoms with E-state index in [9.17, 15) is 27.6 Å². The van der Waals surface area contributed by atoms with E-state index in [2.05, 4.69) is 22.8 Å². The Bertz CT molecular complexity index is 1170. The van der Waals surface area contributed by atoms with Crippen LogP contribution < -0.4 is 10.6 Å². The number of alkyl carbamates (subject to hydrolysis) is 1. The van der Waals surface area contributed by atoms with Crippen LogP contribution in [0.5, 0.6) is 0 Å². The molecule has 2 N–H and O–H groups in total. The van der Waals surface area contributed by atoms with Gasteiger partial charge in [0, 0.05) is 36.5 Å². The van der Waals surface area contributed by atoms with Gasteiger partial charge < -0.3 is 25.2 Å². The number of likely N-dealkylation sites (tertiary alicyclic amines) is 1. The van der Waals surface area contributed by atoms with Crippen LogP contribution in [0.3, 0.4) is 0 Å². The van der Waals surface area contributed by atoms with Gasteiger partial charge in [-0.3, -0.25) is 9.59 Å². The van der Waals surface area contributed by atoms with Crippen molar-refractivity contribution in [1.29, 1.82) is 0 Å². The van der Waals surface area contributed by atoms with Crippen molar-refractivity contribution in [2.75, 3.05) is 13.1 Å². The molecule has 5 atom stereocenters. The summed E-state index contributed by atoms with van der Waals surface area (Å²) >= 11 is 0. The molecule has 43 heavy (non-hydrogen) atoms. The fourth-order valence-electron chi connectivity index (χ4n) is 7.29. The zero-order valence-electron chi connectivity index (χ0n) is 25.4. The third kappa shape index (κ3) is 7.64. The summed E-state index contributed by atoms with van der Waals surface area (Å²) in [5.41, 5.74) is 0.310. The highest BCUT2D eigenvalue weighted by Crippen LogP contribution is 2.54. The van der Waals surface area contributed by atoms with E-state index in [0.717, 1.165) is 19.3 Å². The minimum absolute atomic E-state index is 0.0296. The summed E-state index contributed by atoms with van der Waals surface area (Å²) < 4.78 is 43.6. The second-order valence-corrected chi connectivity index (χ2v) is 13.9. The number of carbonyl (C=O) groups is 3. The Kier molecular flexibility index (Phi) is 9.03. The third-order valence-electron chi connectivity index (χ3n) is 9.43. The lowest BCUT2D eigenvalue weighted by molar-refractivity contribution is -0.148. The molecular weight excluding hydrogens is 561 g/mol. The van der Waals surface area contributed by atoms with Crippen molar-refractivity contribution in [1.82, 2.24) is 20.4 Å². The van der Waals surface area contributed by atoms with Gasteiger partial charge in [-0.15, -0.1) is 0 Å². The van der Waals surface area contributed by atoms with Crippen LogP contribution in [0, 0.1) is 0 Å². The van der Waals surface area contributed by atoms with Gasteiger partial charge in [-0.05, 0) is 90.7 Å². The van der Waals surface area contributed by atoms with Gasteiger partial charge in [0.2, 0.25) is 11.8 Å². The molecule has 8 nitrogen and oxygen atoms in total. The number of ether oxygens (including phenoxy) is 1. The molecule has 4 fully saturated rings. The lowest BCUT2D eigenvalue weighted by Gasteiger charge is -2.39. The van der Waals surface area contributed by atoms with Crippen LogP contribution in [-0.2, 0) is 14.3 Å². The molecule has 0 bridgehead atoms. The first-order valence-corrected chi connectivity index (χ1v) is 15.7. The van der Waals surface area contributed by atoms with E-state index in [-0.39, 0.29) is 48.3 Å². The van der Waals surface area contributed by atoms with Crippen LogP contribution >= 0.6 is 0 Å². The van der Waals surface area contributed by atoms with E-state index in [1.807, 2.05) is 23.1 Å². The molecule has 3 amide bonds. The van der Waals surface area contributed by atoms with Crippen molar-refractivity contribution in [3.63, 3.8) is 0 Å². The molecular formula is C32H45F3N4O4. The molecule has 1 aliphatic carbocycles. The average Bonchev–Trinajstić information content (AvgIpc) is 3.41. The maximum absolute atomic E-state index is 14.3. The predicted octanol–water partition coefficient (Wildman–Crippen LogP) is 5.27. The van der Waals surface area contributed by atoms with Crippen molar-refractivity contribution < 1.29 is 32.3 Å². The number of nitrogens with zero attached hydrogens (tertiary/aromatic N) is 2. The number of hydrogen-bond acceptors (Lipinski definition) is 5. The Hall–Kier alpha value is -2.82. The summed E-state index contributed by atoms with van der Waals surface area (Å²) in [7, 11) is 0. The maximum atomic E-state index is 14.3. The first-order chi connectivity index (χ1) is 20.2. The van der Waals surface area contributed by atoms with Gasteiger partial charge in [-0.2, -0.15) is 13.2 Å². The van der Waals surface area contributed by atoms with Crippen molar-refractivity contribution in [3.05, 3.63) is 35.9 Å². The average molecular weight is 607 g/mol. The fraction of sp³-hybridized carbons (Fsp3) is 0.719. The first-order valence-electron chi connectivity index (χ1n) is 15.7. The van der Waals surface area contributed by atoms with Crippen molar-refractivity contribution in [2.45, 2.75) is 132 Å². The Balaban J connectivity index is 1.33. The summed E-state index contributed by atoms with van der Waals surface area (Å²) in [4.78, 5) is 44.8. The molecule has 0 aromatic heterocycles. The number of benzene rings is 1. The smallest absolute Gasteiger partial charge is 0.408 e. The molecule has 3 saturated heterocycles. The Morgan fingerprint density at radius 3 is 2.42 bits per heavy atom. The van der Waals surface area contributed by atoms with Gasteiger partial charge in [-0.1, -0.05) is 30.3 Å². The summed E-state index contributed by atoms with van der Waals surface area (Å²) in [5, 5.41) is 6.02. The van der Waals surface area contributed by atoms with Crippen LogP contribution in [0.25, 0.3) is 0 Å². The number of fused-ring (bicyclic) bond motifs is 1. The van der Waals surface area contributed by atoms with E-state index in [1.54, 1.807) is 25.7 Å². The molecule has 1 spiro atoms. The molecule has 3 aliphatic heterocycles. The van der Waals surface area contributed by atoms with Crippen molar-refractivity contribution in [2.24, 2.45) is 0 Å². The number of halogens is 3. The van der Waals surface area contributed by atoms with Crippen LogP contribution in [0.4, 0.5) is 18.0 Å². The zero-order valence-corrected chi connectivity index (χ0v) is 25.4. The van der Waals surface area contributed by atoms with E-state index in [4.69, 9.17) is 4.74 Å². The molecule has 1 aromatic rings. The van der Waals surface area contributed by atoms with E-state index in [0.29, 0.717) is 38.6 Å². The molecule has 5 rings (SSSR count). The van der Waals surface area contributed by atoms with Gasteiger partial charge in [0.25, 0.3) is 0 Å². The predicted molar refractivity (Wildman–Crippen MR) is 155 cm³/mol. The molecule has 0 radical (unpaired) electrons. The maximum Gasteiger partial charge on any atom is 0.408 e. The van der Waals surface area contributed by atoms with Crippen LogP contribution in [0.15, 0.2) is 30.3 Å². The summed E-state index contributed by atoms with van der Waals surface area (Å²) in [5.74, 6) is -0.0660. The normalized spacial score (nSPS) is 28.8. The molecule has 3 heterocycles. The first kappa shape index (κ1) is 31.6. The summed E-state index contributed by atoms with van der Waals surface area (Å²) in [6, 6.07) is 8.33. The second-order valence-electron chi connectivity index (χ2n) is 13.9. The molecule has 238 valence electrons. The molecule has 1 aromatic carbocycles. The highest BCUT2D eigenvalue weighted by Gasteiger charge is 2.58. The fourth-order valence-corrected chi connectivity index (χ4v) is 7.29. The van der Waals surface area contributed by atoms with E-state index in [1.165, 1.54) is 5.56 Å². The zero-order chi connectivity index (χ0) is 31.0. The SMILES string of the molecule is CC(C)(C)OC(=O)N[C@H]1CC[C@H](NCCCC(F)(F)F)C[C@H]2CC[C@@H](C(=O)N3C[C@H](c4ccccc4)CC34CC4)N2C1=O. The Labute approximate surface area is 252 Å². The van der Waals surface area contributed by atoms with Crippen LogP contribution in [0.1, 0.15) is 96.5 Å². The van der Waals surface area contributed by atoms with Gasteiger partial charge in [0.05, 0.1) is 0 Å². The Morgan fingerprint density at radius 2 is 1.77 bits per heavy atom. The quantitative estimate of drug-likeness (QED) is 0.413. The molecule has 1 saturated carbocycles. The molecule has 4 aliphatic rings. The summed E-state index contributed by atoms with van der Waals surface area (Å²) in [6.07, 6.45) is -0.463. The van der Waals surface area contributed by atoms with Crippen LogP contribution in [0.2, 0.25) is 0 Å². The summed E-state index contributed by atoms with van der Waals surface area (Å²) in [6.45, 7) is 6.05. The molecule has 11 heteroatoms. The number of rotatable bonds is 7. The second kappa shape index (κ2) is 12.3. The highest BCUT2D eigenvalue weighted by molar-refractivity contribution is 5.93. The lowest BCUT2D eigenvalue weighted by Crippen LogP contribution is -2.59. The van der Waals surface area contributed by atoms with Gasteiger partial charge in [0.1, 0.15) is 17.7 Å². The van der Waals surface area contributed by atoms with Crippen molar-refractivity contribution in [3.8, 4) is 0 Å². The van der Waals surface area contributed by atoms with E-state index < -0.39 is 36.4 Å². The number of amides is 3. The monoisotopic (exact) mass is 606 g/mol. The third-order valence-corrected chi connectivity index (χ3v) is 9.43. The topological polar surface area (TPSA) is 91.0 Å². The minimum Gasteiger partial charge on any atom is -0.444 e.